The van der Waals surface area contributed by atoms with Crippen LogP contribution in [0.25, 0.3) is 0 Å². The largest absolute Gasteiger partial charge is 0.317 e. The number of hydrogen-bond donors (Lipinski definition) is 1. The summed E-state index contributed by atoms with van der Waals surface area (Å²) in [4.78, 5) is 0. The number of unbranched alkanes of at least 4 members (excludes halogenated alkanes) is 1. The van der Waals surface area contributed by atoms with Crippen molar-refractivity contribution in [2.24, 2.45) is 0 Å². The van der Waals surface area contributed by atoms with Gasteiger partial charge in [-0.15, -0.1) is 0 Å². The van der Waals surface area contributed by atoms with E-state index in [0.29, 0.717) is 6.04 Å². The van der Waals surface area contributed by atoms with Gasteiger partial charge in [0, 0.05) is 28.9 Å². The highest BCUT2D eigenvalue weighted by Gasteiger charge is 1.97. The van der Waals surface area contributed by atoms with E-state index in [2.05, 4.69) is 12.2 Å². The quantitative estimate of drug-likeness (QED) is 0.617. The first kappa shape index (κ1) is 11.1. The molecule has 2 atom stereocenters. The Bertz CT molecular complexity index is 117. The van der Waals surface area contributed by atoms with Crippen LogP contribution in [0.3, 0.4) is 0 Å². The van der Waals surface area contributed by atoms with E-state index < -0.39 is 10.8 Å². The molecule has 68 valence electrons. The van der Waals surface area contributed by atoms with E-state index in [0.717, 1.165) is 12.2 Å². The van der Waals surface area contributed by atoms with E-state index in [1.807, 2.05) is 7.05 Å². The molecule has 0 bridgehead atoms. The summed E-state index contributed by atoms with van der Waals surface area (Å²) in [5.74, 6) is 0.858. The average molecular weight is 177 g/mol. The zero-order chi connectivity index (χ0) is 8.69. The second-order valence-corrected chi connectivity index (χ2v) is 4.52. The Morgan fingerprint density at radius 3 is 2.55 bits per heavy atom. The van der Waals surface area contributed by atoms with Gasteiger partial charge in [-0.3, -0.25) is 4.21 Å². The molecule has 0 aromatic rings. The first-order valence-electron chi connectivity index (χ1n) is 4.14. The summed E-state index contributed by atoms with van der Waals surface area (Å²) in [5.41, 5.74) is 0. The summed E-state index contributed by atoms with van der Waals surface area (Å²) in [5, 5.41) is 3.18. The molecule has 2 unspecified atom stereocenters. The lowest BCUT2D eigenvalue weighted by Crippen LogP contribution is -2.20. The lowest BCUT2D eigenvalue weighted by atomic mass is 10.1. The molecule has 11 heavy (non-hydrogen) atoms. The van der Waals surface area contributed by atoms with Crippen molar-refractivity contribution in [1.82, 2.24) is 5.32 Å². The number of hydrogen-bond acceptors (Lipinski definition) is 2. The molecular formula is C8H19NOS. The van der Waals surface area contributed by atoms with Crippen molar-refractivity contribution >= 4 is 10.8 Å². The van der Waals surface area contributed by atoms with Crippen molar-refractivity contribution in [3.05, 3.63) is 0 Å². The predicted octanol–water partition coefficient (Wildman–Crippen LogP) is 1.14. The molecule has 2 nitrogen and oxygen atoms in total. The van der Waals surface area contributed by atoms with Crippen molar-refractivity contribution in [2.75, 3.05) is 19.1 Å². The molecule has 0 fully saturated rings. The Hall–Kier alpha value is 0.110. The van der Waals surface area contributed by atoms with Crippen molar-refractivity contribution in [2.45, 2.75) is 32.2 Å². The second kappa shape index (κ2) is 6.80. The fourth-order valence-corrected chi connectivity index (χ4v) is 1.51. The minimum absolute atomic E-state index is 0.597. The van der Waals surface area contributed by atoms with Crippen molar-refractivity contribution in [3.63, 3.8) is 0 Å². The fraction of sp³-hybridized carbons (Fsp3) is 1.00. The smallest absolute Gasteiger partial charge is 0.0232 e. The van der Waals surface area contributed by atoms with Gasteiger partial charge in [0.15, 0.2) is 0 Å². The zero-order valence-electron chi connectivity index (χ0n) is 7.72. The third kappa shape index (κ3) is 8.01. The van der Waals surface area contributed by atoms with E-state index in [1.165, 1.54) is 12.8 Å². The van der Waals surface area contributed by atoms with Crippen molar-refractivity contribution in [1.29, 1.82) is 0 Å². The number of rotatable bonds is 6. The predicted molar refractivity (Wildman–Crippen MR) is 51.3 cm³/mol. The monoisotopic (exact) mass is 177 g/mol. The maximum atomic E-state index is 10.7. The molecule has 0 spiro atoms. The maximum absolute atomic E-state index is 10.7. The van der Waals surface area contributed by atoms with E-state index in [4.69, 9.17) is 0 Å². The third-order valence-corrected chi connectivity index (χ3v) is 2.68. The van der Waals surface area contributed by atoms with E-state index >= 15 is 0 Å². The Labute approximate surface area is 72.2 Å². The first-order chi connectivity index (χ1) is 5.16. The van der Waals surface area contributed by atoms with Crippen LogP contribution in [0.15, 0.2) is 0 Å². The van der Waals surface area contributed by atoms with Gasteiger partial charge in [-0.2, -0.15) is 0 Å². The molecule has 1 N–H and O–H groups in total. The highest BCUT2D eigenvalue weighted by atomic mass is 32.2. The lowest BCUT2D eigenvalue weighted by molar-refractivity contribution is 0.537. The average Bonchev–Trinajstić information content (AvgIpc) is 1.97. The van der Waals surface area contributed by atoms with Crippen LogP contribution in [0.4, 0.5) is 0 Å². The van der Waals surface area contributed by atoms with Crippen LogP contribution in [-0.4, -0.2) is 29.3 Å². The van der Waals surface area contributed by atoms with Crippen LogP contribution in [-0.2, 0) is 10.8 Å². The molecule has 0 aliphatic heterocycles. The summed E-state index contributed by atoms with van der Waals surface area (Å²) in [7, 11) is 1.37. The lowest BCUT2D eigenvalue weighted by Gasteiger charge is -2.08. The highest BCUT2D eigenvalue weighted by molar-refractivity contribution is 7.84. The molecule has 0 aromatic carbocycles. The molecule has 3 heteroatoms. The van der Waals surface area contributed by atoms with Crippen LogP contribution in [0.5, 0.6) is 0 Å². The molecule has 0 saturated carbocycles. The Morgan fingerprint density at radius 2 is 2.09 bits per heavy atom. The van der Waals surface area contributed by atoms with Crippen LogP contribution < -0.4 is 5.32 Å². The van der Waals surface area contributed by atoms with Crippen LogP contribution in [0.2, 0.25) is 0 Å². The highest BCUT2D eigenvalue weighted by Crippen LogP contribution is 2.00. The van der Waals surface area contributed by atoms with Crippen LogP contribution >= 0.6 is 0 Å². The van der Waals surface area contributed by atoms with E-state index in [1.54, 1.807) is 6.26 Å². The third-order valence-electron chi connectivity index (χ3n) is 1.81. The van der Waals surface area contributed by atoms with Gasteiger partial charge in [0.05, 0.1) is 0 Å². The van der Waals surface area contributed by atoms with Crippen LogP contribution in [0, 0.1) is 0 Å². The van der Waals surface area contributed by atoms with E-state index in [-0.39, 0.29) is 0 Å². The molecular weight excluding hydrogens is 158 g/mol. The Balaban J connectivity index is 3.08. The van der Waals surface area contributed by atoms with Crippen LogP contribution in [0.1, 0.15) is 26.2 Å². The Morgan fingerprint density at radius 1 is 1.45 bits per heavy atom. The van der Waals surface area contributed by atoms with Gasteiger partial charge >= 0.3 is 0 Å². The van der Waals surface area contributed by atoms with Crippen molar-refractivity contribution < 1.29 is 4.21 Å². The molecule has 0 radical (unpaired) electrons. The topological polar surface area (TPSA) is 29.1 Å². The Kier molecular flexibility index (Phi) is 6.87. The summed E-state index contributed by atoms with van der Waals surface area (Å²) in [6, 6.07) is 0.597. The molecule has 0 heterocycles. The fourth-order valence-electron chi connectivity index (χ4n) is 0.900. The summed E-state index contributed by atoms with van der Waals surface area (Å²) < 4.78 is 10.7. The molecule has 0 aliphatic rings. The van der Waals surface area contributed by atoms with Gasteiger partial charge in [-0.05, 0) is 26.8 Å². The first-order valence-corrected chi connectivity index (χ1v) is 5.87. The van der Waals surface area contributed by atoms with Gasteiger partial charge in [-0.25, -0.2) is 0 Å². The summed E-state index contributed by atoms with van der Waals surface area (Å²) in [6.07, 6.45) is 5.23. The van der Waals surface area contributed by atoms with Gasteiger partial charge in [0.2, 0.25) is 0 Å². The maximum Gasteiger partial charge on any atom is 0.0232 e. The van der Waals surface area contributed by atoms with Gasteiger partial charge < -0.3 is 5.32 Å². The van der Waals surface area contributed by atoms with Gasteiger partial charge in [-0.1, -0.05) is 6.42 Å². The van der Waals surface area contributed by atoms with E-state index in [9.17, 15) is 4.21 Å². The zero-order valence-corrected chi connectivity index (χ0v) is 8.54. The van der Waals surface area contributed by atoms with Gasteiger partial charge in [0.25, 0.3) is 0 Å². The molecule has 0 rings (SSSR count). The minimum Gasteiger partial charge on any atom is -0.317 e. The molecule has 0 aromatic heterocycles. The molecule has 0 amide bonds. The SMILES string of the molecule is CNC(C)CCCCS(C)=O. The summed E-state index contributed by atoms with van der Waals surface area (Å²) in [6.45, 7) is 2.17. The number of nitrogens with one attached hydrogen (secondary N) is 1. The van der Waals surface area contributed by atoms with Gasteiger partial charge in [0.1, 0.15) is 0 Å². The molecule has 0 saturated heterocycles. The standard InChI is InChI=1S/C8H19NOS/c1-8(9-2)6-4-5-7-11(3)10/h8-9H,4-7H2,1-3H3. The minimum atomic E-state index is -0.603. The normalized spacial score (nSPS) is 16.3. The second-order valence-electron chi connectivity index (χ2n) is 2.96. The molecule has 0 aliphatic carbocycles. The van der Waals surface area contributed by atoms with Crippen molar-refractivity contribution in [3.8, 4) is 0 Å². The summed E-state index contributed by atoms with van der Waals surface area (Å²) >= 11 is 0.